The molecule has 0 unspecified atom stereocenters. The van der Waals surface area contributed by atoms with Gasteiger partial charge in [-0.05, 0) is 57.2 Å². The molecule has 5 nitrogen and oxygen atoms in total. The number of fused-ring (bicyclic) bond motifs is 1. The largest absolute Gasteiger partial charge is 0.350 e. The fourth-order valence-electron chi connectivity index (χ4n) is 4.38. The molecule has 1 fully saturated rings. The normalized spacial score (nSPS) is 19.1. The molecular formula is C22H29N3O2. The molecule has 1 aromatic heterocycles. The average Bonchev–Trinajstić information content (AvgIpc) is 2.96. The van der Waals surface area contributed by atoms with Crippen molar-refractivity contribution in [3.05, 3.63) is 52.9 Å². The monoisotopic (exact) mass is 367 g/mol. The van der Waals surface area contributed by atoms with Gasteiger partial charge in [-0.2, -0.15) is 0 Å². The second-order valence-corrected chi connectivity index (χ2v) is 7.73. The summed E-state index contributed by atoms with van der Waals surface area (Å²) in [5.41, 5.74) is 3.25. The van der Waals surface area contributed by atoms with Crippen LogP contribution in [0.25, 0.3) is 0 Å². The van der Waals surface area contributed by atoms with Gasteiger partial charge in [0.05, 0.1) is 11.7 Å². The van der Waals surface area contributed by atoms with Gasteiger partial charge in [-0.25, -0.2) is 0 Å². The van der Waals surface area contributed by atoms with Crippen molar-refractivity contribution in [1.82, 2.24) is 15.4 Å². The molecule has 1 amide bonds. The zero-order chi connectivity index (χ0) is 18.5. The third-order valence-electron chi connectivity index (χ3n) is 5.89. The Hall–Kier alpha value is -2.14. The Balaban J connectivity index is 1.48. The topological polar surface area (TPSA) is 58.4 Å². The summed E-state index contributed by atoms with van der Waals surface area (Å²) in [6, 6.07) is 10.7. The predicted octanol–water partition coefficient (Wildman–Crippen LogP) is 3.90. The molecule has 1 aliphatic heterocycles. The van der Waals surface area contributed by atoms with Gasteiger partial charge in [0.25, 0.3) is 5.91 Å². The molecule has 144 valence electrons. The lowest BCUT2D eigenvalue weighted by Crippen LogP contribution is -2.38. The van der Waals surface area contributed by atoms with Crippen LogP contribution in [-0.2, 0) is 12.8 Å². The summed E-state index contributed by atoms with van der Waals surface area (Å²) in [4.78, 5) is 15.3. The first-order chi connectivity index (χ1) is 13.3. The minimum atomic E-state index is -0.124. The summed E-state index contributed by atoms with van der Waals surface area (Å²) >= 11 is 0. The van der Waals surface area contributed by atoms with Crippen molar-refractivity contribution in [2.24, 2.45) is 0 Å². The smallest absolute Gasteiger partial charge is 0.290 e. The minimum Gasteiger partial charge on any atom is -0.350 e. The summed E-state index contributed by atoms with van der Waals surface area (Å²) in [6.07, 6.45) is 9.12. The molecule has 1 aliphatic carbocycles. The van der Waals surface area contributed by atoms with E-state index >= 15 is 0 Å². The van der Waals surface area contributed by atoms with E-state index in [0.717, 1.165) is 50.0 Å². The number of carbonyl (C=O) groups is 1. The number of hydrogen-bond acceptors (Lipinski definition) is 4. The molecule has 4 rings (SSSR count). The summed E-state index contributed by atoms with van der Waals surface area (Å²) < 4.78 is 5.41. The number of likely N-dealkylation sites (tertiary alicyclic amines) is 1. The lowest BCUT2D eigenvalue weighted by Gasteiger charge is -2.31. The Morgan fingerprint density at radius 2 is 1.78 bits per heavy atom. The number of nitrogens with zero attached hydrogens (tertiary/aromatic N) is 2. The third kappa shape index (κ3) is 4.24. The van der Waals surface area contributed by atoms with E-state index in [2.05, 4.69) is 39.6 Å². The van der Waals surface area contributed by atoms with E-state index < -0.39 is 0 Å². The van der Waals surface area contributed by atoms with Crippen LogP contribution in [0.15, 0.2) is 34.9 Å². The van der Waals surface area contributed by atoms with E-state index in [1.54, 1.807) is 0 Å². The molecule has 5 heteroatoms. The number of nitrogens with one attached hydrogen (secondary N) is 1. The molecule has 0 radical (unpaired) electrons. The van der Waals surface area contributed by atoms with Crippen LogP contribution in [0.1, 0.15) is 71.9 Å². The van der Waals surface area contributed by atoms with Crippen LogP contribution < -0.4 is 5.32 Å². The van der Waals surface area contributed by atoms with Crippen LogP contribution in [-0.4, -0.2) is 35.6 Å². The van der Waals surface area contributed by atoms with Crippen molar-refractivity contribution in [3.8, 4) is 0 Å². The van der Waals surface area contributed by atoms with Crippen LogP contribution >= 0.6 is 0 Å². The summed E-state index contributed by atoms with van der Waals surface area (Å²) in [6.45, 7) is 2.78. The maximum atomic E-state index is 12.8. The van der Waals surface area contributed by atoms with Crippen molar-refractivity contribution in [3.63, 3.8) is 0 Å². The van der Waals surface area contributed by atoms with E-state index in [4.69, 9.17) is 4.52 Å². The Morgan fingerprint density at radius 3 is 2.56 bits per heavy atom. The van der Waals surface area contributed by atoms with Gasteiger partial charge in [-0.3, -0.25) is 9.69 Å². The zero-order valence-corrected chi connectivity index (χ0v) is 16.0. The molecule has 1 N–H and O–H groups in total. The number of amides is 1. The van der Waals surface area contributed by atoms with Gasteiger partial charge in [0, 0.05) is 12.1 Å². The fourth-order valence-corrected chi connectivity index (χ4v) is 4.38. The molecule has 1 saturated heterocycles. The summed E-state index contributed by atoms with van der Waals surface area (Å²) in [5, 5.41) is 7.26. The first-order valence-corrected chi connectivity index (χ1v) is 10.4. The van der Waals surface area contributed by atoms with Crippen molar-refractivity contribution in [2.45, 2.75) is 57.4 Å². The molecule has 2 aromatic rings. The van der Waals surface area contributed by atoms with Crippen LogP contribution in [0.4, 0.5) is 0 Å². The van der Waals surface area contributed by atoms with Crippen molar-refractivity contribution in [1.29, 1.82) is 0 Å². The second-order valence-electron chi connectivity index (χ2n) is 7.73. The quantitative estimate of drug-likeness (QED) is 0.871. The van der Waals surface area contributed by atoms with E-state index in [1.807, 2.05) is 6.07 Å². The van der Waals surface area contributed by atoms with Crippen molar-refractivity contribution in [2.75, 3.05) is 19.6 Å². The number of benzene rings is 1. The van der Waals surface area contributed by atoms with E-state index in [9.17, 15) is 4.79 Å². The summed E-state index contributed by atoms with van der Waals surface area (Å²) in [5.74, 6) is 0.300. The Kier molecular flexibility index (Phi) is 5.87. The molecule has 1 atom stereocenters. The lowest BCUT2D eigenvalue weighted by molar-refractivity contribution is 0.0895. The van der Waals surface area contributed by atoms with Crippen LogP contribution in [0, 0.1) is 0 Å². The van der Waals surface area contributed by atoms with Gasteiger partial charge in [-0.15, -0.1) is 0 Å². The van der Waals surface area contributed by atoms with Crippen LogP contribution in [0.2, 0.25) is 0 Å². The molecule has 0 bridgehead atoms. The van der Waals surface area contributed by atoms with E-state index in [0.29, 0.717) is 12.3 Å². The third-order valence-corrected chi connectivity index (χ3v) is 5.89. The minimum absolute atomic E-state index is 0.124. The highest BCUT2D eigenvalue weighted by molar-refractivity contribution is 5.93. The fraction of sp³-hybridized carbons (Fsp3) is 0.545. The Labute approximate surface area is 161 Å². The summed E-state index contributed by atoms with van der Waals surface area (Å²) in [7, 11) is 0. The van der Waals surface area contributed by atoms with Gasteiger partial charge in [0.2, 0.25) is 5.76 Å². The second kappa shape index (κ2) is 8.70. The predicted molar refractivity (Wildman–Crippen MR) is 105 cm³/mol. The zero-order valence-electron chi connectivity index (χ0n) is 16.0. The Bertz CT molecular complexity index is 748. The first-order valence-electron chi connectivity index (χ1n) is 10.4. The number of carbonyl (C=O) groups excluding carboxylic acids is 1. The standard InChI is InChI=1S/C22H29N3O2/c26-22(21-18-12-6-7-13-19(18)24-27-21)23-16-20(17-10-4-3-5-11-17)25-14-8-1-2-9-15-25/h3-5,10-11,20H,1-2,6-9,12-16H2,(H,23,26)/t20-/m1/s1. The number of hydrogen-bond donors (Lipinski definition) is 1. The van der Waals surface area contributed by atoms with E-state index in [1.165, 1.54) is 31.2 Å². The number of aromatic nitrogens is 1. The molecule has 27 heavy (non-hydrogen) atoms. The van der Waals surface area contributed by atoms with Crippen molar-refractivity contribution >= 4 is 5.91 Å². The molecule has 0 saturated carbocycles. The van der Waals surface area contributed by atoms with Gasteiger partial charge in [0.1, 0.15) is 0 Å². The molecule has 1 aromatic carbocycles. The maximum Gasteiger partial charge on any atom is 0.290 e. The highest BCUT2D eigenvalue weighted by Gasteiger charge is 2.26. The molecular weight excluding hydrogens is 338 g/mol. The van der Waals surface area contributed by atoms with Gasteiger partial charge in [-0.1, -0.05) is 48.3 Å². The lowest BCUT2D eigenvalue weighted by atomic mass is 9.96. The number of aryl methyl sites for hydroxylation is 1. The van der Waals surface area contributed by atoms with Crippen LogP contribution in [0.3, 0.4) is 0 Å². The Morgan fingerprint density at radius 1 is 1.04 bits per heavy atom. The van der Waals surface area contributed by atoms with E-state index in [-0.39, 0.29) is 11.9 Å². The van der Waals surface area contributed by atoms with Gasteiger partial charge < -0.3 is 9.84 Å². The first kappa shape index (κ1) is 18.2. The average molecular weight is 367 g/mol. The van der Waals surface area contributed by atoms with Crippen LogP contribution in [0.5, 0.6) is 0 Å². The maximum absolute atomic E-state index is 12.8. The highest BCUT2D eigenvalue weighted by atomic mass is 16.5. The van der Waals surface area contributed by atoms with Crippen molar-refractivity contribution < 1.29 is 9.32 Å². The highest BCUT2D eigenvalue weighted by Crippen LogP contribution is 2.26. The molecule has 0 spiro atoms. The van der Waals surface area contributed by atoms with Gasteiger partial charge in [0.15, 0.2) is 0 Å². The number of rotatable bonds is 5. The molecule has 2 heterocycles. The van der Waals surface area contributed by atoms with Gasteiger partial charge >= 0.3 is 0 Å². The molecule has 2 aliphatic rings. The SMILES string of the molecule is O=C(NC[C@H](c1ccccc1)N1CCCCCC1)c1onc2c1CCCC2.